The summed E-state index contributed by atoms with van der Waals surface area (Å²) < 4.78 is 11.3. The number of nitrogens with one attached hydrogen (secondary N) is 1. The molecule has 0 saturated carbocycles. The molecule has 1 aliphatic rings. The van der Waals surface area contributed by atoms with Crippen molar-refractivity contribution < 1.29 is 19.4 Å². The van der Waals surface area contributed by atoms with Crippen LogP contribution in [-0.2, 0) is 10.4 Å². The van der Waals surface area contributed by atoms with Crippen molar-refractivity contribution in [2.24, 2.45) is 0 Å². The van der Waals surface area contributed by atoms with Crippen LogP contribution in [0.1, 0.15) is 12.5 Å². The fourth-order valence-corrected chi connectivity index (χ4v) is 3.28. The van der Waals surface area contributed by atoms with Crippen LogP contribution in [0.5, 0.6) is 11.5 Å². The number of hydrogen-bond donors (Lipinski definition) is 2. The van der Waals surface area contributed by atoms with E-state index in [0.29, 0.717) is 11.5 Å². The molecule has 3 aromatic carbocycles. The first-order valence-electron chi connectivity index (χ1n) is 9.57. The van der Waals surface area contributed by atoms with Crippen molar-refractivity contribution >= 4 is 5.91 Å². The first kappa shape index (κ1) is 19.0. The topological polar surface area (TPSA) is 67.8 Å². The van der Waals surface area contributed by atoms with Gasteiger partial charge in [-0.3, -0.25) is 4.79 Å². The summed E-state index contributed by atoms with van der Waals surface area (Å²) in [6.07, 6.45) is -0.749. The molecule has 0 aliphatic carbocycles. The molecule has 29 heavy (non-hydrogen) atoms. The SMILES string of the molecule is CC(O)(CNC(=O)C1COc2ccccc2O1)c1ccc(-c2ccccc2)cc1. The average molecular weight is 389 g/mol. The molecule has 5 heteroatoms. The predicted octanol–water partition coefficient (Wildman–Crippen LogP) is 3.52. The van der Waals surface area contributed by atoms with Gasteiger partial charge < -0.3 is 19.9 Å². The molecule has 1 amide bonds. The number of fused-ring (bicyclic) bond motifs is 1. The normalized spacial score (nSPS) is 17.2. The number of aliphatic hydroxyl groups is 1. The Kier molecular flexibility index (Phi) is 5.23. The third kappa shape index (κ3) is 4.25. The lowest BCUT2D eigenvalue weighted by Gasteiger charge is -2.28. The van der Waals surface area contributed by atoms with E-state index in [9.17, 15) is 9.90 Å². The molecule has 0 bridgehead atoms. The monoisotopic (exact) mass is 389 g/mol. The van der Waals surface area contributed by atoms with Gasteiger partial charge in [0.15, 0.2) is 11.5 Å². The maximum atomic E-state index is 12.5. The van der Waals surface area contributed by atoms with Crippen LogP contribution >= 0.6 is 0 Å². The minimum absolute atomic E-state index is 0.0675. The summed E-state index contributed by atoms with van der Waals surface area (Å²) >= 11 is 0. The second kappa shape index (κ2) is 7.97. The lowest BCUT2D eigenvalue weighted by molar-refractivity contribution is -0.131. The molecule has 148 valence electrons. The molecule has 0 fully saturated rings. The van der Waals surface area contributed by atoms with E-state index in [1.165, 1.54) is 0 Å². The van der Waals surface area contributed by atoms with Gasteiger partial charge in [0.25, 0.3) is 5.91 Å². The van der Waals surface area contributed by atoms with Gasteiger partial charge in [-0.2, -0.15) is 0 Å². The molecule has 0 radical (unpaired) electrons. The van der Waals surface area contributed by atoms with E-state index in [2.05, 4.69) is 5.32 Å². The molecule has 4 rings (SSSR count). The van der Waals surface area contributed by atoms with Crippen molar-refractivity contribution in [1.82, 2.24) is 5.32 Å². The summed E-state index contributed by atoms with van der Waals surface area (Å²) in [6, 6.07) is 25.0. The first-order valence-corrected chi connectivity index (χ1v) is 9.57. The average Bonchev–Trinajstić information content (AvgIpc) is 2.78. The standard InChI is InChI=1S/C24H23NO4/c1-24(27,19-13-11-18(12-14-19)17-7-3-2-4-8-17)16-25-23(26)22-15-28-20-9-5-6-10-21(20)29-22/h2-14,22,27H,15-16H2,1H3,(H,25,26). The number of ether oxygens (including phenoxy) is 2. The minimum Gasteiger partial charge on any atom is -0.485 e. The fourth-order valence-electron chi connectivity index (χ4n) is 3.28. The van der Waals surface area contributed by atoms with Crippen LogP contribution in [0, 0.1) is 0 Å². The quantitative estimate of drug-likeness (QED) is 0.701. The molecular formula is C24H23NO4. The second-order valence-electron chi connectivity index (χ2n) is 7.30. The highest BCUT2D eigenvalue weighted by molar-refractivity contribution is 5.81. The minimum atomic E-state index is -1.21. The molecule has 0 aromatic heterocycles. The number of benzene rings is 3. The van der Waals surface area contributed by atoms with Crippen LogP contribution in [0.4, 0.5) is 0 Å². The van der Waals surface area contributed by atoms with Gasteiger partial charge in [0.1, 0.15) is 12.2 Å². The van der Waals surface area contributed by atoms with Crippen molar-refractivity contribution in [2.45, 2.75) is 18.6 Å². The smallest absolute Gasteiger partial charge is 0.264 e. The van der Waals surface area contributed by atoms with Crippen molar-refractivity contribution in [3.63, 3.8) is 0 Å². The first-order chi connectivity index (χ1) is 14.0. The number of amides is 1. The van der Waals surface area contributed by atoms with Gasteiger partial charge in [-0.25, -0.2) is 0 Å². The highest BCUT2D eigenvalue weighted by Gasteiger charge is 2.30. The van der Waals surface area contributed by atoms with Crippen LogP contribution in [0.15, 0.2) is 78.9 Å². The number of para-hydroxylation sites is 2. The van der Waals surface area contributed by atoms with Crippen molar-refractivity contribution in [1.29, 1.82) is 0 Å². The zero-order chi connectivity index (χ0) is 20.3. The highest BCUT2D eigenvalue weighted by atomic mass is 16.6. The Labute approximate surface area is 169 Å². The van der Waals surface area contributed by atoms with Crippen LogP contribution in [0.3, 0.4) is 0 Å². The zero-order valence-corrected chi connectivity index (χ0v) is 16.2. The van der Waals surface area contributed by atoms with Crippen molar-refractivity contribution in [3.8, 4) is 22.6 Å². The van der Waals surface area contributed by atoms with Gasteiger partial charge in [-0.1, -0.05) is 66.7 Å². The van der Waals surface area contributed by atoms with Gasteiger partial charge in [0.2, 0.25) is 6.10 Å². The van der Waals surface area contributed by atoms with Gasteiger partial charge >= 0.3 is 0 Å². The predicted molar refractivity (Wildman–Crippen MR) is 111 cm³/mol. The van der Waals surface area contributed by atoms with Crippen molar-refractivity contribution in [3.05, 3.63) is 84.4 Å². The highest BCUT2D eigenvalue weighted by Crippen LogP contribution is 2.31. The molecule has 3 aromatic rings. The Morgan fingerprint density at radius 1 is 0.966 bits per heavy atom. The maximum Gasteiger partial charge on any atom is 0.264 e. The number of carbonyl (C=O) groups excluding carboxylic acids is 1. The third-order valence-corrected chi connectivity index (χ3v) is 5.02. The Balaban J connectivity index is 1.38. The van der Waals surface area contributed by atoms with Crippen LogP contribution in [0.25, 0.3) is 11.1 Å². The molecule has 5 nitrogen and oxygen atoms in total. The third-order valence-electron chi connectivity index (χ3n) is 5.02. The van der Waals surface area contributed by atoms with E-state index in [1.807, 2.05) is 66.7 Å². The number of rotatable bonds is 5. The molecule has 0 saturated heterocycles. The zero-order valence-electron chi connectivity index (χ0n) is 16.2. The fraction of sp³-hybridized carbons (Fsp3) is 0.208. The maximum absolute atomic E-state index is 12.5. The van der Waals surface area contributed by atoms with E-state index in [0.717, 1.165) is 16.7 Å². The van der Waals surface area contributed by atoms with Gasteiger partial charge in [0, 0.05) is 0 Å². The molecule has 2 N–H and O–H groups in total. The molecule has 2 atom stereocenters. The van der Waals surface area contributed by atoms with E-state index in [1.54, 1.807) is 19.1 Å². The van der Waals surface area contributed by atoms with Crippen LogP contribution in [0.2, 0.25) is 0 Å². The molecule has 1 heterocycles. The van der Waals surface area contributed by atoms with E-state index >= 15 is 0 Å². The number of hydrogen-bond acceptors (Lipinski definition) is 4. The van der Waals surface area contributed by atoms with Crippen LogP contribution in [-0.4, -0.2) is 30.3 Å². The molecule has 0 spiro atoms. The van der Waals surface area contributed by atoms with Gasteiger partial charge in [-0.15, -0.1) is 0 Å². The summed E-state index contributed by atoms with van der Waals surface area (Å²) in [5.41, 5.74) is 1.70. The summed E-state index contributed by atoms with van der Waals surface area (Å²) in [5.74, 6) is 0.852. The van der Waals surface area contributed by atoms with Crippen molar-refractivity contribution in [2.75, 3.05) is 13.2 Å². The summed E-state index contributed by atoms with van der Waals surface area (Å²) in [7, 11) is 0. The second-order valence-corrected chi connectivity index (χ2v) is 7.30. The Morgan fingerprint density at radius 2 is 1.59 bits per heavy atom. The van der Waals surface area contributed by atoms with E-state index < -0.39 is 11.7 Å². The molecule has 2 unspecified atom stereocenters. The van der Waals surface area contributed by atoms with Gasteiger partial charge in [0.05, 0.1) is 6.54 Å². The molecule has 1 aliphatic heterocycles. The summed E-state index contributed by atoms with van der Waals surface area (Å²) in [6.45, 7) is 1.88. The van der Waals surface area contributed by atoms with Crippen LogP contribution < -0.4 is 14.8 Å². The lowest BCUT2D eigenvalue weighted by Crippen LogP contribution is -2.48. The lowest BCUT2D eigenvalue weighted by atomic mass is 9.93. The van der Waals surface area contributed by atoms with Gasteiger partial charge in [-0.05, 0) is 35.7 Å². The Hall–Kier alpha value is -3.31. The largest absolute Gasteiger partial charge is 0.485 e. The molecular weight excluding hydrogens is 366 g/mol. The summed E-state index contributed by atoms with van der Waals surface area (Å²) in [5, 5.41) is 13.6. The van der Waals surface area contributed by atoms with E-state index in [4.69, 9.17) is 9.47 Å². The Bertz CT molecular complexity index is 983. The Morgan fingerprint density at radius 3 is 2.31 bits per heavy atom. The summed E-state index contributed by atoms with van der Waals surface area (Å²) in [4.78, 5) is 12.5. The number of carbonyl (C=O) groups is 1. The van der Waals surface area contributed by atoms with E-state index in [-0.39, 0.29) is 19.1 Å².